The van der Waals surface area contributed by atoms with Gasteiger partial charge < -0.3 is 15.0 Å². The number of ether oxygens (including phenoxy) is 1. The molecule has 0 saturated heterocycles. The molecule has 0 bridgehead atoms. The maximum absolute atomic E-state index is 12.7. The standard InChI is InChI=1S/C21H33N3O3/c1-4-14-24(16-21(26)23(2)17-10-6-5-7-11-17)15-20(25)22-18-12-8-9-13-19(18)27-3/h8-9,12-13,17H,4-7,10-11,14-16H2,1-3H3,(H,22,25). The highest BCUT2D eigenvalue weighted by Gasteiger charge is 2.24. The van der Waals surface area contributed by atoms with Crippen LogP contribution >= 0.6 is 0 Å². The van der Waals surface area contributed by atoms with Crippen molar-refractivity contribution in [2.45, 2.75) is 51.5 Å². The molecule has 1 aromatic carbocycles. The molecular formula is C21H33N3O3. The Kier molecular flexibility index (Phi) is 8.58. The second kappa shape index (κ2) is 10.9. The van der Waals surface area contributed by atoms with Crippen molar-refractivity contribution in [1.82, 2.24) is 9.80 Å². The van der Waals surface area contributed by atoms with Crippen LogP contribution in [0.5, 0.6) is 5.75 Å². The molecule has 1 aliphatic carbocycles. The molecule has 2 rings (SSSR count). The van der Waals surface area contributed by atoms with Crippen LogP contribution in [-0.4, -0.2) is 61.4 Å². The summed E-state index contributed by atoms with van der Waals surface area (Å²) in [6.07, 6.45) is 6.73. The van der Waals surface area contributed by atoms with E-state index in [1.165, 1.54) is 19.3 Å². The Bertz CT molecular complexity index is 614. The van der Waals surface area contributed by atoms with Crippen LogP contribution in [0.3, 0.4) is 0 Å². The lowest BCUT2D eigenvalue weighted by atomic mass is 9.94. The molecule has 1 saturated carbocycles. The van der Waals surface area contributed by atoms with Gasteiger partial charge in [-0.15, -0.1) is 0 Å². The van der Waals surface area contributed by atoms with E-state index in [2.05, 4.69) is 12.2 Å². The number of carbonyl (C=O) groups excluding carboxylic acids is 2. The minimum atomic E-state index is -0.138. The largest absolute Gasteiger partial charge is 0.495 e. The van der Waals surface area contributed by atoms with Gasteiger partial charge in [0.2, 0.25) is 11.8 Å². The number of nitrogens with one attached hydrogen (secondary N) is 1. The summed E-state index contributed by atoms with van der Waals surface area (Å²) in [5.41, 5.74) is 0.645. The monoisotopic (exact) mass is 375 g/mol. The molecule has 0 atom stereocenters. The van der Waals surface area contributed by atoms with Gasteiger partial charge in [0.15, 0.2) is 0 Å². The zero-order chi connectivity index (χ0) is 19.6. The second-order valence-corrected chi connectivity index (χ2v) is 7.26. The highest BCUT2D eigenvalue weighted by Crippen LogP contribution is 2.23. The van der Waals surface area contributed by atoms with Gasteiger partial charge in [-0.1, -0.05) is 38.3 Å². The Labute approximate surface area is 162 Å². The van der Waals surface area contributed by atoms with E-state index >= 15 is 0 Å². The van der Waals surface area contributed by atoms with E-state index in [1.807, 2.05) is 41.1 Å². The highest BCUT2D eigenvalue weighted by atomic mass is 16.5. The molecule has 1 fully saturated rings. The zero-order valence-electron chi connectivity index (χ0n) is 16.9. The van der Waals surface area contributed by atoms with Crippen molar-refractivity contribution in [2.75, 3.05) is 39.1 Å². The van der Waals surface area contributed by atoms with Crippen LogP contribution in [0.4, 0.5) is 5.69 Å². The lowest BCUT2D eigenvalue weighted by Gasteiger charge is -2.33. The van der Waals surface area contributed by atoms with Crippen LogP contribution in [0.25, 0.3) is 0 Å². The van der Waals surface area contributed by atoms with Crippen LogP contribution in [0.15, 0.2) is 24.3 Å². The van der Waals surface area contributed by atoms with E-state index < -0.39 is 0 Å². The van der Waals surface area contributed by atoms with Crippen molar-refractivity contribution < 1.29 is 14.3 Å². The smallest absolute Gasteiger partial charge is 0.238 e. The van der Waals surface area contributed by atoms with Gasteiger partial charge >= 0.3 is 0 Å². The lowest BCUT2D eigenvalue weighted by molar-refractivity contribution is -0.134. The van der Waals surface area contributed by atoms with Crippen LogP contribution in [-0.2, 0) is 9.59 Å². The van der Waals surface area contributed by atoms with Crippen molar-refractivity contribution in [3.63, 3.8) is 0 Å². The van der Waals surface area contributed by atoms with Crippen molar-refractivity contribution in [3.05, 3.63) is 24.3 Å². The van der Waals surface area contributed by atoms with E-state index in [4.69, 9.17) is 4.74 Å². The van der Waals surface area contributed by atoms with Gasteiger partial charge in [0.25, 0.3) is 0 Å². The molecule has 6 heteroatoms. The first-order chi connectivity index (χ1) is 13.0. The zero-order valence-corrected chi connectivity index (χ0v) is 16.9. The van der Waals surface area contributed by atoms with Crippen LogP contribution in [0, 0.1) is 0 Å². The average Bonchev–Trinajstić information content (AvgIpc) is 2.68. The van der Waals surface area contributed by atoms with E-state index in [0.717, 1.165) is 19.3 Å². The average molecular weight is 376 g/mol. The van der Waals surface area contributed by atoms with E-state index in [0.29, 0.717) is 24.0 Å². The number of para-hydroxylation sites is 2. The molecule has 0 aliphatic heterocycles. The molecule has 0 radical (unpaired) electrons. The number of anilines is 1. The van der Waals surface area contributed by atoms with Crippen LogP contribution in [0.2, 0.25) is 0 Å². The van der Waals surface area contributed by atoms with Crippen molar-refractivity contribution in [2.24, 2.45) is 0 Å². The molecule has 0 heterocycles. The Balaban J connectivity index is 1.91. The third-order valence-corrected chi connectivity index (χ3v) is 5.16. The van der Waals surface area contributed by atoms with Gasteiger partial charge in [0.05, 0.1) is 25.9 Å². The van der Waals surface area contributed by atoms with Gasteiger partial charge in [-0.3, -0.25) is 14.5 Å². The number of hydrogen-bond donors (Lipinski definition) is 1. The van der Waals surface area contributed by atoms with Crippen molar-refractivity contribution in [1.29, 1.82) is 0 Å². The van der Waals surface area contributed by atoms with Crippen molar-refractivity contribution in [3.8, 4) is 5.75 Å². The van der Waals surface area contributed by atoms with Gasteiger partial charge in [-0.2, -0.15) is 0 Å². The Hall–Kier alpha value is -2.08. The molecule has 1 aromatic rings. The molecule has 6 nitrogen and oxygen atoms in total. The summed E-state index contributed by atoms with van der Waals surface area (Å²) in [5.74, 6) is 0.586. The maximum atomic E-state index is 12.7. The Morgan fingerprint density at radius 3 is 2.52 bits per heavy atom. The third-order valence-electron chi connectivity index (χ3n) is 5.16. The minimum Gasteiger partial charge on any atom is -0.495 e. The number of nitrogens with zero attached hydrogens (tertiary/aromatic N) is 2. The Morgan fingerprint density at radius 1 is 1.15 bits per heavy atom. The van der Waals surface area contributed by atoms with Gasteiger partial charge in [-0.25, -0.2) is 0 Å². The normalized spacial score (nSPS) is 14.8. The Morgan fingerprint density at radius 2 is 1.85 bits per heavy atom. The molecule has 1 aliphatic rings. The molecule has 0 aromatic heterocycles. The summed E-state index contributed by atoms with van der Waals surface area (Å²) in [4.78, 5) is 29.0. The second-order valence-electron chi connectivity index (χ2n) is 7.26. The molecule has 150 valence electrons. The quantitative estimate of drug-likeness (QED) is 0.720. The summed E-state index contributed by atoms with van der Waals surface area (Å²) in [6, 6.07) is 7.67. The molecule has 0 spiro atoms. The number of amides is 2. The van der Waals surface area contributed by atoms with E-state index in [-0.39, 0.29) is 24.9 Å². The lowest BCUT2D eigenvalue weighted by Crippen LogP contribution is -2.46. The predicted octanol–water partition coefficient (Wildman–Crippen LogP) is 3.14. The number of hydrogen-bond acceptors (Lipinski definition) is 4. The molecule has 2 amide bonds. The van der Waals surface area contributed by atoms with E-state index in [9.17, 15) is 9.59 Å². The number of benzene rings is 1. The first kappa shape index (κ1) is 21.2. The predicted molar refractivity (Wildman–Crippen MR) is 108 cm³/mol. The first-order valence-electron chi connectivity index (χ1n) is 9.96. The summed E-state index contributed by atoms with van der Waals surface area (Å²) >= 11 is 0. The topological polar surface area (TPSA) is 61.9 Å². The number of methoxy groups -OCH3 is 1. The summed E-state index contributed by atoms with van der Waals surface area (Å²) < 4.78 is 5.27. The van der Waals surface area contributed by atoms with Gasteiger partial charge in [0.1, 0.15) is 5.75 Å². The molecular weight excluding hydrogens is 342 g/mol. The number of likely N-dealkylation sites (N-methyl/N-ethyl adjacent to an activating group) is 1. The van der Waals surface area contributed by atoms with Crippen molar-refractivity contribution >= 4 is 17.5 Å². The van der Waals surface area contributed by atoms with Gasteiger partial charge in [-0.05, 0) is 37.9 Å². The summed E-state index contributed by atoms with van der Waals surface area (Å²) in [7, 11) is 3.48. The van der Waals surface area contributed by atoms with Gasteiger partial charge in [0, 0.05) is 13.1 Å². The summed E-state index contributed by atoms with van der Waals surface area (Å²) in [5, 5.41) is 2.89. The fourth-order valence-electron chi connectivity index (χ4n) is 3.65. The molecule has 27 heavy (non-hydrogen) atoms. The maximum Gasteiger partial charge on any atom is 0.238 e. The SMILES string of the molecule is CCCN(CC(=O)Nc1ccccc1OC)CC(=O)N(C)C1CCCCC1. The molecule has 0 unspecified atom stereocenters. The minimum absolute atomic E-state index is 0.0976. The third kappa shape index (κ3) is 6.54. The number of carbonyl (C=O) groups is 2. The first-order valence-corrected chi connectivity index (χ1v) is 9.96. The summed E-state index contributed by atoms with van der Waals surface area (Å²) in [6.45, 7) is 3.24. The van der Waals surface area contributed by atoms with Crippen LogP contribution in [0.1, 0.15) is 45.4 Å². The highest BCUT2D eigenvalue weighted by molar-refractivity contribution is 5.94. The van der Waals surface area contributed by atoms with Crippen LogP contribution < -0.4 is 10.1 Å². The fourth-order valence-corrected chi connectivity index (χ4v) is 3.65. The molecule has 1 N–H and O–H groups in total. The van der Waals surface area contributed by atoms with E-state index in [1.54, 1.807) is 7.11 Å². The number of rotatable bonds is 9. The fraction of sp³-hybridized carbons (Fsp3) is 0.619.